The topological polar surface area (TPSA) is 47.6 Å². The Labute approximate surface area is 213 Å². The summed E-state index contributed by atoms with van der Waals surface area (Å²) in [4.78, 5) is 17.3. The molecular formula is C26H23Cl3N4O. The molecule has 3 aromatic rings. The molecule has 0 aromatic heterocycles. The molecule has 3 heterocycles. The predicted molar refractivity (Wildman–Crippen MR) is 138 cm³/mol. The van der Waals surface area contributed by atoms with E-state index < -0.39 is 0 Å². The highest BCUT2D eigenvalue weighted by molar-refractivity contribution is 6.40. The fraction of sp³-hybridized carbons (Fsp3) is 0.269. The number of urea groups is 1. The molecule has 2 N–H and O–H groups in total. The Hall–Kier alpha value is -2.28. The SMILES string of the molecule is O=C1NCc2c(-c3ccccc3Cl)cc(CN3C[C@@H]4CC3CN4)cc2N1c1c(Cl)cccc1Cl. The Morgan fingerprint density at radius 1 is 0.941 bits per heavy atom. The Morgan fingerprint density at radius 2 is 1.71 bits per heavy atom. The van der Waals surface area contributed by atoms with Gasteiger partial charge < -0.3 is 10.6 Å². The molecule has 3 aliphatic heterocycles. The number of hydrogen-bond donors (Lipinski definition) is 2. The Kier molecular flexibility index (Phi) is 5.71. The highest BCUT2D eigenvalue weighted by Crippen LogP contribution is 2.45. The summed E-state index contributed by atoms with van der Waals surface area (Å²) in [6.07, 6.45) is 1.19. The number of benzene rings is 3. The van der Waals surface area contributed by atoms with E-state index in [-0.39, 0.29) is 6.03 Å². The monoisotopic (exact) mass is 512 g/mol. The first-order valence-electron chi connectivity index (χ1n) is 11.4. The van der Waals surface area contributed by atoms with Gasteiger partial charge in [-0.2, -0.15) is 0 Å². The maximum atomic E-state index is 13.2. The minimum absolute atomic E-state index is 0.255. The van der Waals surface area contributed by atoms with E-state index in [1.807, 2.05) is 24.3 Å². The van der Waals surface area contributed by atoms with Gasteiger partial charge in [0.25, 0.3) is 0 Å². The number of nitrogens with one attached hydrogen (secondary N) is 2. The molecule has 2 fully saturated rings. The first-order valence-corrected chi connectivity index (χ1v) is 12.5. The molecule has 5 nitrogen and oxygen atoms in total. The van der Waals surface area contributed by atoms with Crippen LogP contribution in [0.2, 0.25) is 15.1 Å². The van der Waals surface area contributed by atoms with E-state index in [1.165, 1.54) is 6.42 Å². The summed E-state index contributed by atoms with van der Waals surface area (Å²) in [5.41, 5.74) is 5.33. The molecule has 2 atom stereocenters. The van der Waals surface area contributed by atoms with Crippen LogP contribution in [0.4, 0.5) is 16.2 Å². The minimum Gasteiger partial charge on any atom is -0.333 e. The van der Waals surface area contributed by atoms with Crippen molar-refractivity contribution in [3.05, 3.63) is 80.8 Å². The van der Waals surface area contributed by atoms with Crippen LogP contribution in [0, 0.1) is 0 Å². The van der Waals surface area contributed by atoms with Gasteiger partial charge in [0.2, 0.25) is 0 Å². The zero-order valence-electron chi connectivity index (χ0n) is 18.3. The Bertz CT molecular complexity index is 1280. The van der Waals surface area contributed by atoms with E-state index in [1.54, 1.807) is 23.1 Å². The number of anilines is 2. The van der Waals surface area contributed by atoms with E-state index in [0.717, 1.165) is 47.6 Å². The Balaban J connectivity index is 1.53. The van der Waals surface area contributed by atoms with E-state index >= 15 is 0 Å². The van der Waals surface area contributed by atoms with Crippen molar-refractivity contribution in [3.8, 4) is 11.1 Å². The highest BCUT2D eigenvalue weighted by Gasteiger charge is 2.38. The molecule has 8 heteroatoms. The van der Waals surface area contributed by atoms with Gasteiger partial charge in [-0.25, -0.2) is 4.79 Å². The largest absolute Gasteiger partial charge is 0.333 e. The Morgan fingerprint density at radius 3 is 2.41 bits per heavy atom. The van der Waals surface area contributed by atoms with Gasteiger partial charge in [-0.15, -0.1) is 0 Å². The van der Waals surface area contributed by atoms with Crippen molar-refractivity contribution < 1.29 is 4.79 Å². The van der Waals surface area contributed by atoms with Crippen LogP contribution < -0.4 is 15.5 Å². The maximum absolute atomic E-state index is 13.2. The maximum Gasteiger partial charge on any atom is 0.326 e. The van der Waals surface area contributed by atoms with Crippen LogP contribution in [0.1, 0.15) is 17.5 Å². The van der Waals surface area contributed by atoms with E-state index in [0.29, 0.717) is 39.4 Å². The summed E-state index contributed by atoms with van der Waals surface area (Å²) in [5.74, 6) is 0. The minimum atomic E-state index is -0.255. The number of para-hydroxylation sites is 1. The number of amides is 2. The second kappa shape index (κ2) is 8.74. The second-order valence-corrected chi connectivity index (χ2v) is 10.3. The van der Waals surface area contributed by atoms with Crippen LogP contribution in [0.25, 0.3) is 11.1 Å². The molecule has 3 aliphatic rings. The number of hydrogen-bond acceptors (Lipinski definition) is 3. The predicted octanol–water partition coefficient (Wildman–Crippen LogP) is 6.22. The van der Waals surface area contributed by atoms with Gasteiger partial charge in [0.1, 0.15) is 0 Å². The van der Waals surface area contributed by atoms with Gasteiger partial charge in [0.15, 0.2) is 0 Å². The molecule has 2 amide bonds. The molecule has 0 radical (unpaired) electrons. The molecule has 3 aromatic carbocycles. The summed E-state index contributed by atoms with van der Waals surface area (Å²) >= 11 is 19.8. The van der Waals surface area contributed by atoms with E-state index in [9.17, 15) is 4.79 Å². The number of fused-ring (bicyclic) bond motifs is 3. The summed E-state index contributed by atoms with van der Waals surface area (Å²) in [6, 6.07) is 18.3. The molecule has 2 bridgehead atoms. The zero-order chi connectivity index (χ0) is 23.4. The van der Waals surface area contributed by atoms with Gasteiger partial charge >= 0.3 is 6.03 Å². The number of halogens is 3. The quantitative estimate of drug-likeness (QED) is 0.435. The van der Waals surface area contributed by atoms with E-state index in [2.05, 4.69) is 27.7 Å². The molecule has 34 heavy (non-hydrogen) atoms. The molecule has 2 saturated heterocycles. The number of piperazine rings is 1. The molecule has 0 aliphatic carbocycles. The third-order valence-electron chi connectivity index (χ3n) is 7.03. The normalized spacial score (nSPS) is 21.6. The fourth-order valence-electron chi connectivity index (χ4n) is 5.46. The summed E-state index contributed by atoms with van der Waals surface area (Å²) in [7, 11) is 0. The summed E-state index contributed by atoms with van der Waals surface area (Å²) in [5, 5.41) is 8.07. The number of rotatable bonds is 4. The van der Waals surface area contributed by atoms with Crippen molar-refractivity contribution in [2.45, 2.75) is 31.6 Å². The average molecular weight is 514 g/mol. The summed E-state index contributed by atoms with van der Waals surface area (Å²) < 4.78 is 0. The van der Waals surface area contributed by atoms with Crippen molar-refractivity contribution in [1.29, 1.82) is 0 Å². The number of carbonyl (C=O) groups excluding carboxylic acids is 1. The molecular weight excluding hydrogens is 491 g/mol. The molecule has 0 spiro atoms. The van der Waals surface area contributed by atoms with Crippen molar-refractivity contribution in [3.63, 3.8) is 0 Å². The lowest BCUT2D eigenvalue weighted by molar-refractivity contribution is 0.218. The zero-order valence-corrected chi connectivity index (χ0v) is 20.6. The van der Waals surface area contributed by atoms with Crippen molar-refractivity contribution in [2.75, 3.05) is 18.0 Å². The third-order valence-corrected chi connectivity index (χ3v) is 7.97. The van der Waals surface area contributed by atoms with Crippen molar-refractivity contribution >= 4 is 52.2 Å². The smallest absolute Gasteiger partial charge is 0.326 e. The van der Waals surface area contributed by atoms with Crippen LogP contribution in [-0.4, -0.2) is 36.1 Å². The number of carbonyl (C=O) groups is 1. The van der Waals surface area contributed by atoms with Gasteiger partial charge in [-0.1, -0.05) is 59.1 Å². The van der Waals surface area contributed by atoms with Gasteiger partial charge in [-0.05, 0) is 47.9 Å². The van der Waals surface area contributed by atoms with Crippen molar-refractivity contribution in [1.82, 2.24) is 15.5 Å². The van der Waals surface area contributed by atoms with Gasteiger partial charge in [-0.3, -0.25) is 9.80 Å². The van der Waals surface area contributed by atoms with Crippen molar-refractivity contribution in [2.24, 2.45) is 0 Å². The fourth-order valence-corrected chi connectivity index (χ4v) is 6.27. The van der Waals surface area contributed by atoms with Gasteiger partial charge in [0.05, 0.1) is 21.4 Å². The molecule has 174 valence electrons. The van der Waals surface area contributed by atoms with Crippen LogP contribution >= 0.6 is 34.8 Å². The second-order valence-electron chi connectivity index (χ2n) is 9.11. The number of nitrogens with zero attached hydrogens (tertiary/aromatic N) is 2. The third kappa shape index (κ3) is 3.76. The first kappa shape index (κ1) is 22.2. The summed E-state index contributed by atoms with van der Waals surface area (Å²) in [6.45, 7) is 3.26. The number of likely N-dealkylation sites (tertiary alicyclic amines) is 1. The average Bonchev–Trinajstić information content (AvgIpc) is 3.44. The van der Waals surface area contributed by atoms with Crippen LogP contribution in [0.3, 0.4) is 0 Å². The molecule has 1 unspecified atom stereocenters. The lowest BCUT2D eigenvalue weighted by Gasteiger charge is -2.34. The van der Waals surface area contributed by atoms with Crippen LogP contribution in [0.15, 0.2) is 54.6 Å². The molecule has 0 saturated carbocycles. The van der Waals surface area contributed by atoms with E-state index in [4.69, 9.17) is 34.8 Å². The molecule has 6 rings (SSSR count). The lowest BCUT2D eigenvalue weighted by atomic mass is 9.93. The highest BCUT2D eigenvalue weighted by atomic mass is 35.5. The van der Waals surface area contributed by atoms with Crippen LogP contribution in [0.5, 0.6) is 0 Å². The van der Waals surface area contributed by atoms with Crippen LogP contribution in [-0.2, 0) is 13.1 Å². The lowest BCUT2D eigenvalue weighted by Crippen LogP contribution is -2.43. The van der Waals surface area contributed by atoms with Gasteiger partial charge in [0, 0.05) is 54.4 Å². The standard InChI is InChI=1S/C26H23Cl3N4O/c27-21-5-2-1-4-18(21)19-8-15(13-32-14-16-10-17(32)11-30-16)9-24-20(19)12-31-26(34)33(24)25-22(28)6-3-7-23(25)29/h1-9,16-17,30H,10-14H2,(H,31,34)/t16-,17?/m0/s1. The first-order chi connectivity index (χ1) is 16.5.